The molecule has 0 saturated heterocycles. The maximum atomic E-state index is 12.8. The third kappa shape index (κ3) is 6.86. The smallest absolute Gasteiger partial charge is 0.303 e. The first-order valence-corrected chi connectivity index (χ1v) is 10.6. The molecule has 1 fully saturated rings. The van der Waals surface area contributed by atoms with Crippen molar-refractivity contribution in [3.63, 3.8) is 0 Å². The first-order valence-electron chi connectivity index (χ1n) is 10.2. The number of nitrogens with one attached hydrogen (secondary N) is 3. The third-order valence-corrected chi connectivity index (χ3v) is 5.11. The molecule has 0 bridgehead atoms. The first kappa shape index (κ1) is 23.9. The Balaban J connectivity index is 1.90. The molecule has 0 aromatic carbocycles. The Morgan fingerprint density at radius 2 is 1.70 bits per heavy atom. The molecular weight excluding hydrogens is 408 g/mol. The van der Waals surface area contributed by atoms with Crippen LogP contribution in [0.2, 0.25) is 5.15 Å². The van der Waals surface area contributed by atoms with E-state index in [9.17, 15) is 14.4 Å². The number of amides is 2. The normalized spacial score (nSPS) is 19.2. The number of carbonyl (C=O) groups is 3. The van der Waals surface area contributed by atoms with Gasteiger partial charge in [-0.1, -0.05) is 11.6 Å². The van der Waals surface area contributed by atoms with E-state index in [0.29, 0.717) is 16.4 Å². The van der Waals surface area contributed by atoms with Gasteiger partial charge in [-0.3, -0.25) is 14.4 Å². The fraction of sp³-hybridized carbons (Fsp3) is 0.619. The van der Waals surface area contributed by atoms with E-state index in [1.54, 1.807) is 19.9 Å². The van der Waals surface area contributed by atoms with Gasteiger partial charge >= 0.3 is 5.97 Å². The first-order chi connectivity index (χ1) is 14.0. The summed E-state index contributed by atoms with van der Waals surface area (Å²) in [5.41, 5.74) is -0.110. The molecule has 0 aliphatic heterocycles. The molecule has 0 unspecified atom stereocenters. The van der Waals surface area contributed by atoms with Crippen molar-refractivity contribution in [1.29, 1.82) is 0 Å². The van der Waals surface area contributed by atoms with Crippen LogP contribution in [0, 0.1) is 0 Å². The van der Waals surface area contributed by atoms with Crippen LogP contribution in [0.1, 0.15) is 70.7 Å². The maximum absolute atomic E-state index is 12.8. The van der Waals surface area contributed by atoms with Gasteiger partial charge in [0.15, 0.2) is 5.60 Å². The summed E-state index contributed by atoms with van der Waals surface area (Å²) in [5.74, 6) is -1.02. The number of nitrogens with zero attached hydrogens (tertiary/aromatic N) is 1. The topological polar surface area (TPSA) is 109 Å². The summed E-state index contributed by atoms with van der Waals surface area (Å²) in [4.78, 5) is 40.3. The Hall–Kier alpha value is -2.35. The van der Waals surface area contributed by atoms with Crippen LogP contribution in [0.3, 0.4) is 0 Å². The lowest BCUT2D eigenvalue weighted by Crippen LogP contribution is -2.51. The van der Waals surface area contributed by atoms with Crippen LogP contribution in [0.15, 0.2) is 12.3 Å². The van der Waals surface area contributed by atoms with Gasteiger partial charge in [-0.05, 0) is 59.4 Å². The maximum Gasteiger partial charge on any atom is 0.303 e. The Morgan fingerprint density at radius 1 is 1.13 bits per heavy atom. The number of halogens is 1. The minimum absolute atomic E-state index is 0.00899. The Kier molecular flexibility index (Phi) is 8.06. The summed E-state index contributed by atoms with van der Waals surface area (Å²) in [6.45, 7) is 8.38. The van der Waals surface area contributed by atoms with Crippen LogP contribution >= 0.6 is 11.6 Å². The molecule has 1 aromatic heterocycles. The Bertz CT molecular complexity index is 789. The number of carbonyl (C=O) groups excluding carboxylic acids is 3. The summed E-state index contributed by atoms with van der Waals surface area (Å²) in [6.07, 6.45) is 4.40. The summed E-state index contributed by atoms with van der Waals surface area (Å²) in [5, 5.41) is 9.54. The van der Waals surface area contributed by atoms with Gasteiger partial charge in [0.05, 0.1) is 11.3 Å². The van der Waals surface area contributed by atoms with Crippen molar-refractivity contribution >= 4 is 35.1 Å². The van der Waals surface area contributed by atoms with Gasteiger partial charge in [0.2, 0.25) is 0 Å². The van der Waals surface area contributed by atoms with Crippen molar-refractivity contribution in [2.45, 2.75) is 84.0 Å². The van der Waals surface area contributed by atoms with Gasteiger partial charge < -0.3 is 20.7 Å². The molecule has 9 heteroatoms. The van der Waals surface area contributed by atoms with Crippen molar-refractivity contribution < 1.29 is 19.1 Å². The highest BCUT2D eigenvalue weighted by molar-refractivity contribution is 6.29. The second kappa shape index (κ2) is 10.1. The van der Waals surface area contributed by atoms with Gasteiger partial charge in [-0.15, -0.1) is 0 Å². The Morgan fingerprint density at radius 3 is 2.23 bits per heavy atom. The molecule has 1 aromatic rings. The molecule has 2 rings (SSSR count). The molecule has 30 heavy (non-hydrogen) atoms. The molecule has 3 N–H and O–H groups in total. The molecule has 2 amide bonds. The van der Waals surface area contributed by atoms with Crippen LogP contribution in [0.25, 0.3) is 0 Å². The lowest BCUT2D eigenvalue weighted by molar-refractivity contribution is -0.163. The number of aromatic nitrogens is 1. The average Bonchev–Trinajstić information content (AvgIpc) is 2.61. The predicted molar refractivity (Wildman–Crippen MR) is 116 cm³/mol. The summed E-state index contributed by atoms with van der Waals surface area (Å²) in [6, 6.07) is 1.78. The minimum Gasteiger partial charge on any atom is -0.450 e. The minimum atomic E-state index is -1.21. The average molecular weight is 439 g/mol. The van der Waals surface area contributed by atoms with Crippen LogP contribution in [0.5, 0.6) is 0 Å². The quantitative estimate of drug-likeness (QED) is 0.446. The summed E-state index contributed by atoms with van der Waals surface area (Å²) >= 11 is 5.97. The monoisotopic (exact) mass is 438 g/mol. The highest BCUT2D eigenvalue weighted by Crippen LogP contribution is 2.23. The largest absolute Gasteiger partial charge is 0.450 e. The van der Waals surface area contributed by atoms with Crippen LogP contribution in [-0.4, -0.2) is 46.5 Å². The molecule has 1 heterocycles. The molecule has 0 atom stereocenters. The van der Waals surface area contributed by atoms with Gasteiger partial charge in [0.1, 0.15) is 5.15 Å². The third-order valence-electron chi connectivity index (χ3n) is 4.90. The molecule has 0 spiro atoms. The van der Waals surface area contributed by atoms with Crippen molar-refractivity contribution in [2.24, 2.45) is 0 Å². The number of hydrogen-bond acceptors (Lipinski definition) is 6. The van der Waals surface area contributed by atoms with E-state index in [0.717, 1.165) is 25.7 Å². The van der Waals surface area contributed by atoms with Crippen LogP contribution < -0.4 is 16.0 Å². The molecule has 1 saturated carbocycles. The number of anilines is 1. The van der Waals surface area contributed by atoms with Gasteiger partial charge in [0, 0.05) is 31.2 Å². The van der Waals surface area contributed by atoms with E-state index in [4.69, 9.17) is 16.3 Å². The summed E-state index contributed by atoms with van der Waals surface area (Å²) in [7, 11) is 0. The zero-order chi connectivity index (χ0) is 22.5. The standard InChI is InChI=1S/C21H31ClN4O4/c1-12(2)24-17-10-18(22)23-11-16(17)19(28)25-14-6-8-15(9-7-14)26-20(29)21(4,5)30-13(3)27/h10-12,14-15H,6-9H2,1-5H3,(H,23,24)(H,25,28)(H,26,29). The Labute approximate surface area is 182 Å². The van der Waals surface area contributed by atoms with E-state index in [2.05, 4.69) is 20.9 Å². The number of rotatable bonds is 7. The zero-order valence-corrected chi connectivity index (χ0v) is 18.9. The van der Waals surface area contributed by atoms with Crippen molar-refractivity contribution in [2.75, 3.05) is 5.32 Å². The lowest BCUT2D eigenvalue weighted by Gasteiger charge is -2.32. The second-order valence-corrected chi connectivity index (χ2v) is 8.84. The molecule has 166 valence electrons. The SMILES string of the molecule is CC(=O)OC(C)(C)C(=O)NC1CCC(NC(=O)c2cnc(Cl)cc2NC(C)C)CC1. The fourth-order valence-electron chi connectivity index (χ4n) is 3.45. The second-order valence-electron chi connectivity index (χ2n) is 8.45. The molecule has 8 nitrogen and oxygen atoms in total. The number of ether oxygens (including phenoxy) is 1. The predicted octanol–water partition coefficient (Wildman–Crippen LogP) is 3.05. The van der Waals surface area contributed by atoms with E-state index < -0.39 is 11.6 Å². The van der Waals surface area contributed by atoms with Crippen LogP contribution in [0.4, 0.5) is 5.69 Å². The van der Waals surface area contributed by atoms with Crippen molar-refractivity contribution in [3.05, 3.63) is 23.0 Å². The van der Waals surface area contributed by atoms with E-state index in [1.807, 2.05) is 13.8 Å². The lowest BCUT2D eigenvalue weighted by atomic mass is 9.90. The molecular formula is C21H31ClN4O4. The highest BCUT2D eigenvalue weighted by atomic mass is 35.5. The van der Waals surface area contributed by atoms with Gasteiger partial charge in [-0.25, -0.2) is 4.98 Å². The van der Waals surface area contributed by atoms with E-state index in [1.165, 1.54) is 13.1 Å². The number of pyridine rings is 1. The zero-order valence-electron chi connectivity index (χ0n) is 18.2. The summed E-state index contributed by atoms with van der Waals surface area (Å²) < 4.78 is 5.08. The van der Waals surface area contributed by atoms with Gasteiger partial charge in [-0.2, -0.15) is 0 Å². The number of hydrogen-bond donors (Lipinski definition) is 3. The van der Waals surface area contributed by atoms with E-state index in [-0.39, 0.29) is 29.9 Å². The van der Waals surface area contributed by atoms with Crippen LogP contribution in [-0.2, 0) is 14.3 Å². The van der Waals surface area contributed by atoms with Crippen molar-refractivity contribution in [1.82, 2.24) is 15.6 Å². The van der Waals surface area contributed by atoms with E-state index >= 15 is 0 Å². The fourth-order valence-corrected chi connectivity index (χ4v) is 3.61. The highest BCUT2D eigenvalue weighted by Gasteiger charge is 2.33. The molecule has 1 aliphatic carbocycles. The number of esters is 1. The molecule has 0 radical (unpaired) electrons. The van der Waals surface area contributed by atoms with Crippen molar-refractivity contribution in [3.8, 4) is 0 Å². The molecule has 1 aliphatic rings. The van der Waals surface area contributed by atoms with Gasteiger partial charge in [0.25, 0.3) is 11.8 Å².